The van der Waals surface area contributed by atoms with Crippen LogP contribution in [0, 0.1) is 19.8 Å². The van der Waals surface area contributed by atoms with E-state index in [0.29, 0.717) is 5.92 Å². The van der Waals surface area contributed by atoms with Crippen molar-refractivity contribution in [2.24, 2.45) is 13.0 Å². The molecular formula is C15H26N2O. The highest BCUT2D eigenvalue weighted by molar-refractivity contribution is 5.26. The zero-order chi connectivity index (χ0) is 13.1. The molecule has 2 N–H and O–H groups in total. The molecule has 1 aliphatic rings. The first-order chi connectivity index (χ1) is 8.59. The SMILES string of the molecule is Cc1cc(CNCC2CCCCC2O)c(C)n1C. The minimum atomic E-state index is -0.0927. The van der Waals surface area contributed by atoms with Crippen molar-refractivity contribution in [3.05, 3.63) is 23.0 Å². The van der Waals surface area contributed by atoms with Crippen LogP contribution in [0.2, 0.25) is 0 Å². The van der Waals surface area contributed by atoms with Crippen LogP contribution in [-0.4, -0.2) is 22.3 Å². The summed E-state index contributed by atoms with van der Waals surface area (Å²) in [7, 11) is 2.11. The van der Waals surface area contributed by atoms with Crippen LogP contribution in [0.15, 0.2) is 6.07 Å². The van der Waals surface area contributed by atoms with E-state index in [1.807, 2.05) is 0 Å². The maximum absolute atomic E-state index is 9.92. The first-order valence-corrected chi connectivity index (χ1v) is 7.10. The van der Waals surface area contributed by atoms with Crippen LogP contribution < -0.4 is 5.32 Å². The summed E-state index contributed by atoms with van der Waals surface area (Å²) < 4.78 is 2.23. The lowest BCUT2D eigenvalue weighted by Crippen LogP contribution is -2.33. The summed E-state index contributed by atoms with van der Waals surface area (Å²) in [4.78, 5) is 0. The molecule has 102 valence electrons. The minimum Gasteiger partial charge on any atom is -0.393 e. The fourth-order valence-electron chi connectivity index (χ4n) is 2.93. The van der Waals surface area contributed by atoms with Crippen molar-refractivity contribution in [2.75, 3.05) is 6.54 Å². The number of hydrogen-bond donors (Lipinski definition) is 2. The van der Waals surface area contributed by atoms with E-state index in [4.69, 9.17) is 0 Å². The Hall–Kier alpha value is -0.800. The van der Waals surface area contributed by atoms with Gasteiger partial charge in [-0.1, -0.05) is 12.8 Å². The molecule has 3 heteroatoms. The summed E-state index contributed by atoms with van der Waals surface area (Å²) in [5.41, 5.74) is 4.02. The summed E-state index contributed by atoms with van der Waals surface area (Å²) >= 11 is 0. The molecule has 1 fully saturated rings. The van der Waals surface area contributed by atoms with E-state index in [9.17, 15) is 5.11 Å². The van der Waals surface area contributed by atoms with Gasteiger partial charge in [0.2, 0.25) is 0 Å². The van der Waals surface area contributed by atoms with Gasteiger partial charge in [0.1, 0.15) is 0 Å². The van der Waals surface area contributed by atoms with Crippen LogP contribution in [0.5, 0.6) is 0 Å². The molecule has 0 bridgehead atoms. The van der Waals surface area contributed by atoms with E-state index in [0.717, 1.165) is 19.5 Å². The molecule has 2 unspecified atom stereocenters. The molecule has 2 atom stereocenters. The van der Waals surface area contributed by atoms with Gasteiger partial charge < -0.3 is 15.0 Å². The molecule has 0 amide bonds. The standard InChI is InChI=1S/C15H26N2O/c1-11-8-14(12(2)17(11)3)10-16-9-13-6-4-5-7-15(13)18/h8,13,15-16,18H,4-7,9-10H2,1-3H3. The maximum Gasteiger partial charge on any atom is 0.0580 e. The maximum atomic E-state index is 9.92. The second kappa shape index (κ2) is 5.89. The highest BCUT2D eigenvalue weighted by atomic mass is 16.3. The fraction of sp³-hybridized carbons (Fsp3) is 0.733. The van der Waals surface area contributed by atoms with Crippen molar-refractivity contribution in [3.8, 4) is 0 Å². The van der Waals surface area contributed by atoms with Crippen LogP contribution in [0.1, 0.15) is 42.6 Å². The van der Waals surface area contributed by atoms with Gasteiger partial charge in [-0.3, -0.25) is 0 Å². The molecule has 1 heterocycles. The Morgan fingerprint density at radius 1 is 1.33 bits per heavy atom. The van der Waals surface area contributed by atoms with E-state index in [1.165, 1.54) is 36.2 Å². The van der Waals surface area contributed by atoms with Gasteiger partial charge in [-0.25, -0.2) is 0 Å². The monoisotopic (exact) mass is 250 g/mol. The lowest BCUT2D eigenvalue weighted by molar-refractivity contribution is 0.0695. The molecule has 2 rings (SSSR count). The van der Waals surface area contributed by atoms with Gasteiger partial charge in [-0.15, -0.1) is 0 Å². The second-order valence-electron chi connectivity index (χ2n) is 5.70. The van der Waals surface area contributed by atoms with E-state index < -0.39 is 0 Å². The van der Waals surface area contributed by atoms with Crippen molar-refractivity contribution in [3.63, 3.8) is 0 Å². The normalized spacial score (nSPS) is 24.4. The lowest BCUT2D eigenvalue weighted by atomic mass is 9.86. The van der Waals surface area contributed by atoms with Crippen LogP contribution in [-0.2, 0) is 13.6 Å². The van der Waals surface area contributed by atoms with Crippen LogP contribution in [0.25, 0.3) is 0 Å². The number of aliphatic hydroxyl groups excluding tert-OH is 1. The van der Waals surface area contributed by atoms with E-state index in [-0.39, 0.29) is 6.10 Å². The molecule has 0 spiro atoms. The molecule has 1 aromatic heterocycles. The van der Waals surface area contributed by atoms with Gasteiger partial charge in [-0.05, 0) is 44.2 Å². The largest absolute Gasteiger partial charge is 0.393 e. The van der Waals surface area contributed by atoms with Crippen LogP contribution in [0.4, 0.5) is 0 Å². The number of aryl methyl sites for hydroxylation is 1. The third-order valence-electron chi connectivity index (χ3n) is 4.47. The van der Waals surface area contributed by atoms with Crippen LogP contribution in [0.3, 0.4) is 0 Å². The molecule has 0 saturated heterocycles. The molecular weight excluding hydrogens is 224 g/mol. The summed E-state index contributed by atoms with van der Waals surface area (Å²) in [5, 5.41) is 13.4. The Kier molecular flexibility index (Phi) is 4.46. The van der Waals surface area contributed by atoms with Gasteiger partial charge in [0.05, 0.1) is 6.10 Å². The first-order valence-electron chi connectivity index (χ1n) is 7.10. The Balaban J connectivity index is 1.82. The number of aromatic nitrogens is 1. The van der Waals surface area contributed by atoms with Crippen molar-refractivity contribution < 1.29 is 5.11 Å². The predicted octanol–water partition coefficient (Wildman–Crippen LogP) is 2.28. The Morgan fingerprint density at radius 3 is 2.67 bits per heavy atom. The van der Waals surface area contributed by atoms with Gasteiger partial charge in [0.15, 0.2) is 0 Å². The Morgan fingerprint density at radius 2 is 2.06 bits per heavy atom. The predicted molar refractivity (Wildman–Crippen MR) is 74.6 cm³/mol. The third-order valence-corrected chi connectivity index (χ3v) is 4.47. The van der Waals surface area contributed by atoms with Crippen molar-refractivity contribution in [2.45, 2.75) is 52.2 Å². The molecule has 0 aliphatic heterocycles. The number of hydrogen-bond acceptors (Lipinski definition) is 2. The summed E-state index contributed by atoms with van der Waals surface area (Å²) in [6.07, 6.45) is 4.52. The van der Waals surface area contributed by atoms with E-state index in [2.05, 4.69) is 36.8 Å². The summed E-state index contributed by atoms with van der Waals surface area (Å²) in [5.74, 6) is 0.448. The smallest absolute Gasteiger partial charge is 0.0580 e. The lowest BCUT2D eigenvalue weighted by Gasteiger charge is -2.27. The second-order valence-corrected chi connectivity index (χ2v) is 5.70. The molecule has 0 aromatic carbocycles. The topological polar surface area (TPSA) is 37.2 Å². The molecule has 3 nitrogen and oxygen atoms in total. The first kappa shape index (κ1) is 13.6. The molecule has 1 aromatic rings. The van der Waals surface area contributed by atoms with Gasteiger partial charge >= 0.3 is 0 Å². The average Bonchev–Trinajstić information content (AvgIpc) is 2.60. The number of nitrogens with one attached hydrogen (secondary N) is 1. The summed E-state index contributed by atoms with van der Waals surface area (Å²) in [6.45, 7) is 6.16. The van der Waals surface area contributed by atoms with Crippen molar-refractivity contribution in [1.82, 2.24) is 9.88 Å². The van der Waals surface area contributed by atoms with Gasteiger partial charge in [0.25, 0.3) is 0 Å². The summed E-state index contributed by atoms with van der Waals surface area (Å²) in [6, 6.07) is 2.25. The fourth-order valence-corrected chi connectivity index (χ4v) is 2.93. The Labute approximate surface area is 110 Å². The zero-order valence-corrected chi connectivity index (χ0v) is 11.9. The molecule has 0 radical (unpaired) electrons. The average molecular weight is 250 g/mol. The quantitative estimate of drug-likeness (QED) is 0.860. The highest BCUT2D eigenvalue weighted by Crippen LogP contribution is 2.23. The van der Waals surface area contributed by atoms with Crippen molar-refractivity contribution >= 4 is 0 Å². The van der Waals surface area contributed by atoms with E-state index >= 15 is 0 Å². The highest BCUT2D eigenvalue weighted by Gasteiger charge is 2.22. The molecule has 18 heavy (non-hydrogen) atoms. The zero-order valence-electron chi connectivity index (χ0n) is 11.9. The van der Waals surface area contributed by atoms with Crippen molar-refractivity contribution in [1.29, 1.82) is 0 Å². The molecule has 1 saturated carbocycles. The number of rotatable bonds is 4. The molecule has 1 aliphatic carbocycles. The third kappa shape index (κ3) is 2.96. The minimum absolute atomic E-state index is 0.0927. The van der Waals surface area contributed by atoms with Gasteiger partial charge in [-0.2, -0.15) is 0 Å². The Bertz CT molecular complexity index is 397. The van der Waals surface area contributed by atoms with E-state index in [1.54, 1.807) is 0 Å². The van der Waals surface area contributed by atoms with Crippen LogP contribution >= 0.6 is 0 Å². The number of aliphatic hydroxyl groups is 1. The van der Waals surface area contributed by atoms with Gasteiger partial charge in [0, 0.05) is 31.5 Å². The number of nitrogens with zero attached hydrogens (tertiary/aromatic N) is 1.